The molecule has 0 nitrogen and oxygen atoms in total. The zero-order valence-corrected chi connectivity index (χ0v) is 9.63. The van der Waals surface area contributed by atoms with E-state index in [-0.39, 0.29) is 34.8 Å². The lowest BCUT2D eigenvalue weighted by Crippen LogP contribution is -1.78. The summed E-state index contributed by atoms with van der Waals surface area (Å²) >= 11 is 17.5. The fourth-order valence-corrected chi connectivity index (χ4v) is 1.76. The number of rotatable bonds is 1. The molecule has 3 heteroatoms. The predicted molar refractivity (Wildman–Crippen MR) is 66.9 cm³/mol. The molecule has 0 saturated carbocycles. The molecule has 15 heavy (non-hydrogen) atoms. The second-order valence-corrected chi connectivity index (χ2v) is 4.10. The monoisotopic (exact) mass is 260 g/mol. The summed E-state index contributed by atoms with van der Waals surface area (Å²) in [6, 6.07) is 3.59. The van der Waals surface area contributed by atoms with Crippen LogP contribution in [0.5, 0.6) is 0 Å². The molecule has 0 unspecified atom stereocenters. The van der Waals surface area contributed by atoms with Crippen LogP contribution in [0, 0.1) is 0 Å². The van der Waals surface area contributed by atoms with E-state index >= 15 is 0 Å². The van der Waals surface area contributed by atoms with E-state index < -0.39 is 0 Å². The van der Waals surface area contributed by atoms with Crippen LogP contribution in [-0.2, 0) is 0 Å². The van der Waals surface area contributed by atoms with Gasteiger partial charge in [-0.15, -0.1) is 0 Å². The van der Waals surface area contributed by atoms with Crippen LogP contribution in [-0.4, -0.2) is 0 Å². The molecule has 0 N–H and O–H groups in total. The van der Waals surface area contributed by atoms with Gasteiger partial charge in [-0.2, -0.15) is 0 Å². The second-order valence-electron chi connectivity index (χ2n) is 2.85. The van der Waals surface area contributed by atoms with Gasteiger partial charge < -0.3 is 0 Å². The van der Waals surface area contributed by atoms with Crippen LogP contribution in [0.25, 0.3) is 11.1 Å². The molecule has 2 aromatic carbocycles. The van der Waals surface area contributed by atoms with Gasteiger partial charge in [0.05, 0.1) is 5.48 Å². The van der Waals surface area contributed by atoms with E-state index in [9.17, 15) is 0 Å². The molecule has 0 saturated heterocycles. The van der Waals surface area contributed by atoms with Crippen molar-refractivity contribution in [2.45, 2.75) is 0 Å². The molecule has 0 heterocycles. The topological polar surface area (TPSA) is 0 Å². The summed E-state index contributed by atoms with van der Waals surface area (Å²) in [5, 5.41) is 0.510. The van der Waals surface area contributed by atoms with Crippen molar-refractivity contribution < 1.29 is 5.48 Å². The molecule has 0 aromatic heterocycles. The van der Waals surface area contributed by atoms with E-state index in [1.165, 1.54) is 18.2 Å². The van der Waals surface area contributed by atoms with Gasteiger partial charge in [0.25, 0.3) is 0 Å². The van der Waals surface area contributed by atoms with Crippen LogP contribution in [0.2, 0.25) is 15.1 Å². The van der Waals surface area contributed by atoms with E-state index in [0.29, 0.717) is 15.6 Å². The highest BCUT2D eigenvalue weighted by molar-refractivity contribution is 6.35. The molecule has 0 aliphatic heterocycles. The Morgan fingerprint density at radius 1 is 0.667 bits per heavy atom. The van der Waals surface area contributed by atoms with Gasteiger partial charge in [0.15, 0.2) is 0 Å². The molecular formula is C12H7Cl3. The highest BCUT2D eigenvalue weighted by Gasteiger charge is 2.01. The number of hydrogen-bond donors (Lipinski definition) is 0. The van der Waals surface area contributed by atoms with E-state index in [1.54, 1.807) is 0 Å². The molecule has 2 aromatic rings. The van der Waals surface area contributed by atoms with Gasteiger partial charge >= 0.3 is 0 Å². The Morgan fingerprint density at radius 3 is 1.73 bits per heavy atom. The maximum atomic E-state index is 7.89. The first-order valence-corrected chi connectivity index (χ1v) is 5.18. The minimum absolute atomic E-state index is 0.129. The molecule has 0 radical (unpaired) electrons. The van der Waals surface area contributed by atoms with Crippen molar-refractivity contribution in [2.75, 3.05) is 0 Å². The van der Waals surface area contributed by atoms with Crippen molar-refractivity contribution in [1.29, 1.82) is 0 Å². The zero-order chi connectivity index (χ0) is 14.3. The van der Waals surface area contributed by atoms with Crippen LogP contribution in [0.4, 0.5) is 0 Å². The summed E-state index contributed by atoms with van der Waals surface area (Å²) in [5.74, 6) is 0. The maximum Gasteiger partial charge on any atom is 0.0639 e. The molecule has 0 aliphatic carbocycles. The van der Waals surface area contributed by atoms with Crippen LogP contribution in [0.3, 0.4) is 0 Å². The van der Waals surface area contributed by atoms with E-state index in [0.717, 1.165) is 0 Å². The normalized spacial score (nSPS) is 14.1. The first-order valence-electron chi connectivity index (χ1n) is 6.05. The van der Waals surface area contributed by atoms with E-state index in [1.807, 2.05) is 0 Å². The van der Waals surface area contributed by atoms with Crippen LogP contribution < -0.4 is 0 Å². The summed E-state index contributed by atoms with van der Waals surface area (Å²) in [6.07, 6.45) is 0. The Bertz CT molecular complexity index is 621. The molecule has 0 amide bonds. The fraction of sp³-hybridized carbons (Fsp3) is 0. The average molecular weight is 262 g/mol. The van der Waals surface area contributed by atoms with Gasteiger partial charge in [0.1, 0.15) is 0 Å². The van der Waals surface area contributed by atoms with Crippen molar-refractivity contribution in [3.8, 4) is 11.1 Å². The number of halogens is 3. The van der Waals surface area contributed by atoms with E-state index in [2.05, 4.69) is 0 Å². The van der Waals surface area contributed by atoms with Gasteiger partial charge in [-0.05, 0) is 41.4 Å². The van der Waals surface area contributed by atoms with Crippen molar-refractivity contribution in [2.24, 2.45) is 0 Å². The van der Waals surface area contributed by atoms with Crippen LogP contribution in [0.15, 0.2) is 42.4 Å². The molecule has 0 aliphatic rings. The summed E-state index contributed by atoms with van der Waals surface area (Å²) in [5.41, 5.74) is 0.551. The lowest BCUT2D eigenvalue weighted by molar-refractivity contribution is 1.62. The molecule has 0 atom stereocenters. The molecule has 76 valence electrons. The highest BCUT2D eigenvalue weighted by Crippen LogP contribution is 2.27. The smallest absolute Gasteiger partial charge is 0.0639 e. The van der Waals surface area contributed by atoms with Crippen LogP contribution in [0.1, 0.15) is 5.48 Å². The van der Waals surface area contributed by atoms with Gasteiger partial charge in [0, 0.05) is 15.1 Å². The van der Waals surface area contributed by atoms with Crippen molar-refractivity contribution >= 4 is 34.8 Å². The third-order valence-corrected chi connectivity index (χ3v) is 2.37. The number of hydrogen-bond acceptors (Lipinski definition) is 0. The summed E-state index contributed by atoms with van der Waals surface area (Å²) in [7, 11) is 0. The molecule has 0 spiro atoms. The predicted octanol–water partition coefficient (Wildman–Crippen LogP) is 5.31. The lowest BCUT2D eigenvalue weighted by Gasteiger charge is -2.03. The summed E-state index contributed by atoms with van der Waals surface area (Å²) in [6.45, 7) is 0. The minimum atomic E-state index is -0.284. The Hall–Kier alpha value is -0.690. The summed E-state index contributed by atoms with van der Waals surface area (Å²) < 4.78 is 31.2. The Balaban J connectivity index is 2.82. The van der Waals surface area contributed by atoms with Gasteiger partial charge in [-0.1, -0.05) is 46.9 Å². The maximum absolute atomic E-state index is 7.89. The highest BCUT2D eigenvalue weighted by atomic mass is 35.5. The van der Waals surface area contributed by atoms with Crippen molar-refractivity contribution in [3.05, 3.63) is 57.4 Å². The third kappa shape index (κ3) is 2.66. The van der Waals surface area contributed by atoms with Gasteiger partial charge in [0.2, 0.25) is 0 Å². The first kappa shape index (κ1) is 6.80. The summed E-state index contributed by atoms with van der Waals surface area (Å²) in [4.78, 5) is 0. The van der Waals surface area contributed by atoms with Crippen molar-refractivity contribution in [3.63, 3.8) is 0 Å². The van der Waals surface area contributed by atoms with Crippen molar-refractivity contribution in [1.82, 2.24) is 0 Å². The quantitative estimate of drug-likeness (QED) is 0.652. The molecule has 2 rings (SSSR count). The average Bonchev–Trinajstić information content (AvgIpc) is 2.33. The molecule has 0 fully saturated rings. The lowest BCUT2D eigenvalue weighted by atomic mass is 10.1. The Labute approximate surface area is 109 Å². The molecule has 0 bridgehead atoms. The van der Waals surface area contributed by atoms with Gasteiger partial charge in [-0.25, -0.2) is 0 Å². The van der Waals surface area contributed by atoms with E-state index in [4.69, 9.17) is 40.3 Å². The Morgan fingerprint density at radius 2 is 1.20 bits per heavy atom. The van der Waals surface area contributed by atoms with Crippen LogP contribution >= 0.6 is 34.8 Å². The largest absolute Gasteiger partial charge is 0.0843 e. The first-order chi connectivity index (χ1) is 8.82. The fourth-order valence-electron chi connectivity index (χ4n) is 1.14. The number of benzene rings is 2. The van der Waals surface area contributed by atoms with Gasteiger partial charge in [-0.3, -0.25) is 0 Å². The zero-order valence-electron chi connectivity index (χ0n) is 11.4. The minimum Gasteiger partial charge on any atom is -0.0843 e. The SMILES string of the molecule is [2H]c1c([2H])c(-c2cc(Cl)cc(Cl)c2)c([2H])c([2H])c1Cl. The third-order valence-electron chi connectivity index (χ3n) is 1.75. The Kier molecular flexibility index (Phi) is 2.01. The second kappa shape index (κ2) is 4.44. The standard InChI is InChI=1S/C12H7Cl3/c13-10-3-1-8(2-4-10)9-5-11(14)7-12(15)6-9/h1-7H/i1D,2D,3D,4D. The molecular weight excluding hydrogens is 250 g/mol.